The Labute approximate surface area is 88.7 Å². The molecule has 1 N–H and O–H groups in total. The van der Waals surface area contributed by atoms with Gasteiger partial charge in [0.1, 0.15) is 0 Å². The maximum atomic E-state index is 9.24. The summed E-state index contributed by atoms with van der Waals surface area (Å²) in [6, 6.07) is 0. The van der Waals surface area contributed by atoms with Crippen molar-refractivity contribution in [3.8, 4) is 0 Å². The number of ether oxygens (including phenoxy) is 1. The third kappa shape index (κ3) is 8.52. The Bertz CT molecular complexity index is 115. The second kappa shape index (κ2) is 9.47. The Morgan fingerprint density at radius 1 is 1.21 bits per heavy atom. The van der Waals surface area contributed by atoms with Crippen molar-refractivity contribution >= 4 is 0 Å². The zero-order valence-electron chi connectivity index (χ0n) is 9.96. The first-order chi connectivity index (χ1) is 6.70. The molecule has 14 heavy (non-hydrogen) atoms. The third-order valence-corrected chi connectivity index (χ3v) is 2.59. The van der Waals surface area contributed by atoms with E-state index in [1.165, 1.54) is 19.3 Å². The Kier molecular flexibility index (Phi) is 9.42. The maximum absolute atomic E-state index is 9.24. The molecule has 0 radical (unpaired) electrons. The van der Waals surface area contributed by atoms with Gasteiger partial charge in [-0.3, -0.25) is 0 Å². The lowest BCUT2D eigenvalue weighted by atomic mass is 10.0. The fourth-order valence-corrected chi connectivity index (χ4v) is 1.32. The van der Waals surface area contributed by atoms with Crippen LogP contribution >= 0.6 is 0 Å². The number of rotatable bonds is 9. The predicted molar refractivity (Wildman–Crippen MR) is 60.4 cm³/mol. The van der Waals surface area contributed by atoms with Gasteiger partial charge in [-0.25, -0.2) is 0 Å². The van der Waals surface area contributed by atoms with Gasteiger partial charge in [0.15, 0.2) is 0 Å². The summed E-state index contributed by atoms with van der Waals surface area (Å²) in [6.45, 7) is 7.76. The first kappa shape index (κ1) is 13.9. The molecule has 0 amide bonds. The molecule has 0 aromatic rings. The van der Waals surface area contributed by atoms with Crippen molar-refractivity contribution in [3.63, 3.8) is 0 Å². The summed E-state index contributed by atoms with van der Waals surface area (Å²) in [5, 5.41) is 9.24. The Hall–Kier alpha value is -0.0800. The molecule has 2 heteroatoms. The van der Waals surface area contributed by atoms with E-state index in [0.29, 0.717) is 6.61 Å². The highest BCUT2D eigenvalue weighted by Gasteiger charge is 2.03. The summed E-state index contributed by atoms with van der Waals surface area (Å²) in [5.74, 6) is 0.758. The topological polar surface area (TPSA) is 29.5 Å². The highest BCUT2D eigenvalue weighted by Crippen LogP contribution is 2.11. The minimum atomic E-state index is -0.277. The van der Waals surface area contributed by atoms with Gasteiger partial charge in [0.25, 0.3) is 0 Å². The average Bonchev–Trinajstić information content (AvgIpc) is 2.21. The van der Waals surface area contributed by atoms with Gasteiger partial charge in [-0.15, -0.1) is 0 Å². The van der Waals surface area contributed by atoms with Crippen molar-refractivity contribution in [1.82, 2.24) is 0 Å². The zero-order chi connectivity index (χ0) is 10.8. The maximum Gasteiger partial charge on any atom is 0.0771 e. The summed E-state index contributed by atoms with van der Waals surface area (Å²) in [4.78, 5) is 0. The van der Waals surface area contributed by atoms with Gasteiger partial charge in [-0.1, -0.05) is 40.0 Å². The molecule has 0 aliphatic rings. The summed E-state index contributed by atoms with van der Waals surface area (Å²) in [5.41, 5.74) is 0. The normalized spacial score (nSPS) is 15.4. The molecule has 0 aliphatic carbocycles. The van der Waals surface area contributed by atoms with E-state index < -0.39 is 0 Å². The highest BCUT2D eigenvalue weighted by atomic mass is 16.5. The molecule has 0 saturated carbocycles. The molecule has 0 fully saturated rings. The fraction of sp³-hybridized carbons (Fsp3) is 1.00. The smallest absolute Gasteiger partial charge is 0.0771 e. The molecule has 0 rings (SSSR count). The van der Waals surface area contributed by atoms with Crippen molar-refractivity contribution < 1.29 is 9.84 Å². The molecule has 0 bridgehead atoms. The van der Waals surface area contributed by atoms with Gasteiger partial charge in [0.05, 0.1) is 12.7 Å². The number of unbranched alkanes of at least 4 members (excludes halogenated alkanes) is 1. The van der Waals surface area contributed by atoms with Crippen LogP contribution in [0.15, 0.2) is 0 Å². The van der Waals surface area contributed by atoms with E-state index in [-0.39, 0.29) is 6.10 Å². The van der Waals surface area contributed by atoms with Gasteiger partial charge < -0.3 is 9.84 Å². The number of hydrogen-bond donors (Lipinski definition) is 1. The summed E-state index contributed by atoms with van der Waals surface area (Å²) in [7, 11) is 0. The number of aliphatic hydroxyl groups excluding tert-OH is 1. The van der Waals surface area contributed by atoms with Crippen molar-refractivity contribution in [1.29, 1.82) is 0 Å². The van der Waals surface area contributed by atoms with E-state index in [0.717, 1.165) is 25.4 Å². The minimum absolute atomic E-state index is 0.277. The molecule has 0 aliphatic heterocycles. The quantitative estimate of drug-likeness (QED) is 0.582. The van der Waals surface area contributed by atoms with E-state index in [2.05, 4.69) is 13.8 Å². The molecule has 2 unspecified atom stereocenters. The zero-order valence-corrected chi connectivity index (χ0v) is 9.96. The van der Waals surface area contributed by atoms with Crippen LogP contribution in [0.4, 0.5) is 0 Å². The van der Waals surface area contributed by atoms with E-state index in [1.54, 1.807) is 0 Å². The Morgan fingerprint density at radius 3 is 2.50 bits per heavy atom. The van der Waals surface area contributed by atoms with Gasteiger partial charge >= 0.3 is 0 Å². The van der Waals surface area contributed by atoms with Crippen LogP contribution in [0.3, 0.4) is 0 Å². The molecule has 0 aromatic heterocycles. The molecule has 2 nitrogen and oxygen atoms in total. The van der Waals surface area contributed by atoms with Gasteiger partial charge in [-0.2, -0.15) is 0 Å². The molecule has 0 spiro atoms. The number of aliphatic hydroxyl groups is 1. The van der Waals surface area contributed by atoms with Crippen LogP contribution in [0.1, 0.15) is 52.9 Å². The van der Waals surface area contributed by atoms with Crippen LogP contribution in [-0.4, -0.2) is 24.4 Å². The van der Waals surface area contributed by atoms with Gasteiger partial charge in [0.2, 0.25) is 0 Å². The molecule has 0 saturated heterocycles. The standard InChI is InChI=1S/C12H26O2/c1-4-6-7-11(3)8-9-14-10-12(13)5-2/h11-13H,4-10H2,1-3H3. The summed E-state index contributed by atoms with van der Waals surface area (Å²) >= 11 is 0. The van der Waals surface area contributed by atoms with Crippen LogP contribution in [-0.2, 0) is 4.74 Å². The highest BCUT2D eigenvalue weighted by molar-refractivity contribution is 4.53. The monoisotopic (exact) mass is 202 g/mol. The largest absolute Gasteiger partial charge is 0.391 e. The molecule has 2 atom stereocenters. The minimum Gasteiger partial charge on any atom is -0.391 e. The van der Waals surface area contributed by atoms with Crippen LogP contribution in [0.25, 0.3) is 0 Å². The van der Waals surface area contributed by atoms with Crippen molar-refractivity contribution in [2.75, 3.05) is 13.2 Å². The third-order valence-electron chi connectivity index (χ3n) is 2.59. The van der Waals surface area contributed by atoms with E-state index in [9.17, 15) is 5.11 Å². The lowest BCUT2D eigenvalue weighted by Crippen LogP contribution is -2.15. The second-order valence-corrected chi connectivity index (χ2v) is 4.17. The molecular formula is C12H26O2. The SMILES string of the molecule is CCCCC(C)CCOCC(O)CC. The van der Waals surface area contributed by atoms with Crippen LogP contribution in [0, 0.1) is 5.92 Å². The van der Waals surface area contributed by atoms with Crippen molar-refractivity contribution in [2.24, 2.45) is 5.92 Å². The second-order valence-electron chi connectivity index (χ2n) is 4.17. The van der Waals surface area contributed by atoms with E-state index in [1.807, 2.05) is 6.92 Å². The number of hydrogen-bond acceptors (Lipinski definition) is 2. The summed E-state index contributed by atoms with van der Waals surface area (Å²) in [6.07, 6.45) is 5.53. The van der Waals surface area contributed by atoms with Crippen molar-refractivity contribution in [3.05, 3.63) is 0 Å². The van der Waals surface area contributed by atoms with Crippen LogP contribution in [0.2, 0.25) is 0 Å². The first-order valence-corrected chi connectivity index (χ1v) is 5.96. The lowest BCUT2D eigenvalue weighted by molar-refractivity contribution is 0.0300. The van der Waals surface area contributed by atoms with E-state index >= 15 is 0 Å². The van der Waals surface area contributed by atoms with Crippen molar-refractivity contribution in [2.45, 2.75) is 59.0 Å². The Balaban J connectivity index is 3.18. The molecule has 0 heterocycles. The fourth-order valence-electron chi connectivity index (χ4n) is 1.32. The van der Waals surface area contributed by atoms with Crippen LogP contribution in [0.5, 0.6) is 0 Å². The summed E-state index contributed by atoms with van der Waals surface area (Å²) < 4.78 is 5.39. The first-order valence-electron chi connectivity index (χ1n) is 5.96. The van der Waals surface area contributed by atoms with Crippen LogP contribution < -0.4 is 0 Å². The average molecular weight is 202 g/mol. The predicted octanol–water partition coefficient (Wildman–Crippen LogP) is 2.99. The molecule has 86 valence electrons. The van der Waals surface area contributed by atoms with E-state index in [4.69, 9.17) is 4.74 Å². The van der Waals surface area contributed by atoms with Gasteiger partial charge in [-0.05, 0) is 18.8 Å². The molecular weight excluding hydrogens is 176 g/mol. The lowest BCUT2D eigenvalue weighted by Gasteiger charge is -2.12. The van der Waals surface area contributed by atoms with Gasteiger partial charge in [0, 0.05) is 6.61 Å². The Morgan fingerprint density at radius 2 is 1.93 bits per heavy atom. The molecule has 0 aromatic carbocycles.